The van der Waals surface area contributed by atoms with Crippen LogP contribution in [0.4, 0.5) is 0 Å². The number of hydrogen-bond acceptors (Lipinski definition) is 3. The first-order valence-electron chi connectivity index (χ1n) is 7.53. The Morgan fingerprint density at radius 2 is 1.78 bits per heavy atom. The summed E-state index contributed by atoms with van der Waals surface area (Å²) < 4.78 is 0. The van der Waals surface area contributed by atoms with E-state index in [1.54, 1.807) is 36.0 Å². The molecule has 2 aromatic rings. The van der Waals surface area contributed by atoms with Crippen LogP contribution >= 0.6 is 11.8 Å². The van der Waals surface area contributed by atoms with Crippen molar-refractivity contribution in [3.8, 4) is 0 Å². The summed E-state index contributed by atoms with van der Waals surface area (Å²) in [5.41, 5.74) is 7.19. The number of thioether (sulfide) groups is 1. The molecule has 0 radical (unpaired) electrons. The summed E-state index contributed by atoms with van der Waals surface area (Å²) in [4.78, 5) is 25.6. The zero-order valence-corrected chi connectivity index (χ0v) is 13.4. The van der Waals surface area contributed by atoms with Gasteiger partial charge in [0.25, 0.3) is 0 Å². The van der Waals surface area contributed by atoms with Crippen LogP contribution in [0.1, 0.15) is 29.5 Å². The molecular formula is C18H18N2O2S. The Hall–Kier alpha value is -2.27. The van der Waals surface area contributed by atoms with Gasteiger partial charge in [-0.3, -0.25) is 9.59 Å². The smallest absolute Gasteiger partial charge is 0.237 e. The first-order valence-corrected chi connectivity index (χ1v) is 8.51. The van der Waals surface area contributed by atoms with Gasteiger partial charge < -0.3 is 11.1 Å². The summed E-state index contributed by atoms with van der Waals surface area (Å²) in [7, 11) is 0. The SMILES string of the molecule is NC(=O)C(C(=O)NC1CCSc2ccccc21)c1ccccc1. The highest BCUT2D eigenvalue weighted by Gasteiger charge is 2.30. The molecule has 0 spiro atoms. The van der Waals surface area contributed by atoms with Gasteiger partial charge in [0.1, 0.15) is 5.92 Å². The predicted octanol–water partition coefficient (Wildman–Crippen LogP) is 2.61. The van der Waals surface area contributed by atoms with E-state index in [1.165, 1.54) is 4.90 Å². The molecule has 2 atom stereocenters. The van der Waals surface area contributed by atoms with Crippen molar-refractivity contribution < 1.29 is 9.59 Å². The maximum Gasteiger partial charge on any atom is 0.237 e. The average molecular weight is 326 g/mol. The fourth-order valence-electron chi connectivity index (χ4n) is 2.84. The van der Waals surface area contributed by atoms with Crippen LogP contribution in [0.15, 0.2) is 59.5 Å². The lowest BCUT2D eigenvalue weighted by Crippen LogP contribution is -2.39. The molecule has 0 saturated heterocycles. The lowest BCUT2D eigenvalue weighted by Gasteiger charge is -2.27. The van der Waals surface area contributed by atoms with Crippen LogP contribution in [0.5, 0.6) is 0 Å². The van der Waals surface area contributed by atoms with E-state index >= 15 is 0 Å². The number of amides is 2. The van der Waals surface area contributed by atoms with Gasteiger partial charge in [-0.15, -0.1) is 11.8 Å². The molecule has 1 aliphatic heterocycles. The lowest BCUT2D eigenvalue weighted by molar-refractivity contribution is -0.130. The largest absolute Gasteiger partial charge is 0.369 e. The van der Waals surface area contributed by atoms with Gasteiger partial charge in [-0.25, -0.2) is 0 Å². The summed E-state index contributed by atoms with van der Waals surface area (Å²) in [6, 6.07) is 16.9. The van der Waals surface area contributed by atoms with E-state index in [-0.39, 0.29) is 11.9 Å². The molecule has 3 N–H and O–H groups in total. The highest BCUT2D eigenvalue weighted by Crippen LogP contribution is 2.36. The van der Waals surface area contributed by atoms with Crippen molar-refractivity contribution >= 4 is 23.6 Å². The molecule has 4 nitrogen and oxygen atoms in total. The second-order valence-corrected chi connectivity index (χ2v) is 6.62. The minimum absolute atomic E-state index is 0.0782. The van der Waals surface area contributed by atoms with E-state index in [4.69, 9.17) is 5.73 Å². The number of nitrogens with one attached hydrogen (secondary N) is 1. The first kappa shape index (κ1) is 15.6. The van der Waals surface area contributed by atoms with Crippen molar-refractivity contribution in [3.05, 3.63) is 65.7 Å². The first-order chi connectivity index (χ1) is 11.2. The van der Waals surface area contributed by atoms with Crippen LogP contribution in [-0.2, 0) is 9.59 Å². The Morgan fingerprint density at radius 1 is 1.09 bits per heavy atom. The van der Waals surface area contributed by atoms with Crippen LogP contribution in [0, 0.1) is 0 Å². The molecule has 1 aliphatic rings. The summed E-state index contributed by atoms with van der Waals surface area (Å²) in [6.45, 7) is 0. The van der Waals surface area contributed by atoms with Gasteiger partial charge in [-0.05, 0) is 23.6 Å². The number of carbonyl (C=O) groups is 2. The monoisotopic (exact) mass is 326 g/mol. The highest BCUT2D eigenvalue weighted by molar-refractivity contribution is 7.99. The Labute approximate surface area is 139 Å². The number of nitrogens with two attached hydrogens (primary N) is 1. The second-order valence-electron chi connectivity index (χ2n) is 5.48. The topological polar surface area (TPSA) is 72.2 Å². The number of carbonyl (C=O) groups excluding carboxylic acids is 2. The normalized spacial score (nSPS) is 17.8. The van der Waals surface area contributed by atoms with Crippen molar-refractivity contribution in [2.75, 3.05) is 5.75 Å². The van der Waals surface area contributed by atoms with Crippen molar-refractivity contribution in [2.24, 2.45) is 5.73 Å². The van der Waals surface area contributed by atoms with E-state index < -0.39 is 11.8 Å². The van der Waals surface area contributed by atoms with Crippen LogP contribution in [-0.4, -0.2) is 17.6 Å². The van der Waals surface area contributed by atoms with E-state index in [0.29, 0.717) is 5.56 Å². The molecule has 0 aromatic heterocycles. The molecule has 0 saturated carbocycles. The fraction of sp³-hybridized carbons (Fsp3) is 0.222. The third-order valence-electron chi connectivity index (χ3n) is 3.95. The minimum Gasteiger partial charge on any atom is -0.369 e. The zero-order chi connectivity index (χ0) is 16.2. The standard InChI is InChI=1S/C18H18N2O2S/c19-17(21)16(12-6-2-1-3-7-12)18(22)20-14-10-11-23-15-9-5-4-8-13(14)15/h1-9,14,16H,10-11H2,(H2,19,21)(H,20,22). The van der Waals surface area contributed by atoms with Gasteiger partial charge in [-0.1, -0.05) is 48.5 Å². The summed E-state index contributed by atoms with van der Waals surface area (Å²) in [5, 5.41) is 3.00. The Kier molecular flexibility index (Phi) is 4.67. The molecule has 0 fully saturated rings. The number of fused-ring (bicyclic) bond motifs is 1. The third-order valence-corrected chi connectivity index (χ3v) is 5.08. The fourth-order valence-corrected chi connectivity index (χ4v) is 3.96. The molecule has 118 valence electrons. The summed E-state index contributed by atoms with van der Waals surface area (Å²) in [6.07, 6.45) is 0.841. The molecule has 0 bridgehead atoms. The molecular weight excluding hydrogens is 308 g/mol. The van der Waals surface area contributed by atoms with Gasteiger partial charge in [0.2, 0.25) is 11.8 Å². The molecule has 23 heavy (non-hydrogen) atoms. The van der Waals surface area contributed by atoms with Gasteiger partial charge >= 0.3 is 0 Å². The van der Waals surface area contributed by atoms with Crippen LogP contribution < -0.4 is 11.1 Å². The second kappa shape index (κ2) is 6.87. The highest BCUT2D eigenvalue weighted by atomic mass is 32.2. The molecule has 2 aromatic carbocycles. The van der Waals surface area contributed by atoms with Gasteiger partial charge in [-0.2, -0.15) is 0 Å². The molecule has 5 heteroatoms. The van der Waals surface area contributed by atoms with Crippen LogP contribution in [0.3, 0.4) is 0 Å². The van der Waals surface area contributed by atoms with E-state index in [1.807, 2.05) is 24.3 Å². The number of hydrogen-bond donors (Lipinski definition) is 2. The van der Waals surface area contributed by atoms with Crippen molar-refractivity contribution in [1.82, 2.24) is 5.32 Å². The Bertz CT molecular complexity index is 718. The molecule has 3 rings (SSSR count). The van der Waals surface area contributed by atoms with Gasteiger partial charge in [0.05, 0.1) is 6.04 Å². The summed E-state index contributed by atoms with van der Waals surface area (Å²) >= 11 is 1.79. The molecule has 2 unspecified atom stereocenters. The van der Waals surface area contributed by atoms with Crippen LogP contribution in [0.25, 0.3) is 0 Å². The maximum atomic E-state index is 12.6. The van der Waals surface area contributed by atoms with Gasteiger partial charge in [0, 0.05) is 10.6 Å². The van der Waals surface area contributed by atoms with Crippen molar-refractivity contribution in [3.63, 3.8) is 0 Å². The van der Waals surface area contributed by atoms with Crippen molar-refractivity contribution in [2.45, 2.75) is 23.3 Å². The van der Waals surface area contributed by atoms with Gasteiger partial charge in [0.15, 0.2) is 0 Å². The van der Waals surface area contributed by atoms with E-state index in [0.717, 1.165) is 17.7 Å². The Balaban J connectivity index is 1.82. The maximum absolute atomic E-state index is 12.6. The number of benzene rings is 2. The van der Waals surface area contributed by atoms with Crippen molar-refractivity contribution in [1.29, 1.82) is 0 Å². The summed E-state index contributed by atoms with van der Waals surface area (Å²) in [5.74, 6) is -0.991. The number of rotatable bonds is 4. The van der Waals surface area contributed by atoms with E-state index in [2.05, 4.69) is 11.4 Å². The van der Waals surface area contributed by atoms with Crippen LogP contribution in [0.2, 0.25) is 0 Å². The zero-order valence-electron chi connectivity index (χ0n) is 12.6. The average Bonchev–Trinajstić information content (AvgIpc) is 2.56. The predicted molar refractivity (Wildman–Crippen MR) is 91.0 cm³/mol. The minimum atomic E-state index is -0.960. The molecule has 0 aliphatic carbocycles. The quantitative estimate of drug-likeness (QED) is 0.848. The Morgan fingerprint density at radius 3 is 2.52 bits per heavy atom. The van der Waals surface area contributed by atoms with E-state index in [9.17, 15) is 9.59 Å². The molecule has 1 heterocycles. The lowest BCUT2D eigenvalue weighted by atomic mass is 9.96. The molecule has 2 amide bonds. The number of primary amides is 1. The third kappa shape index (κ3) is 3.40.